The van der Waals surface area contributed by atoms with Gasteiger partial charge < -0.3 is 16.4 Å². The number of amides is 2. The lowest BCUT2D eigenvalue weighted by Crippen LogP contribution is -2.40. The van der Waals surface area contributed by atoms with Crippen LogP contribution in [0.3, 0.4) is 0 Å². The topological polar surface area (TPSA) is 84.2 Å². The predicted octanol–water partition coefficient (Wildman–Crippen LogP) is 3.18. The molecule has 1 fully saturated rings. The Morgan fingerprint density at radius 2 is 2.08 bits per heavy atom. The van der Waals surface area contributed by atoms with Crippen molar-refractivity contribution in [1.29, 1.82) is 0 Å². The molecule has 6 heteroatoms. The number of benzene rings is 1. The van der Waals surface area contributed by atoms with E-state index >= 15 is 0 Å². The average molecular weight is 352 g/mol. The van der Waals surface area contributed by atoms with Crippen molar-refractivity contribution in [2.24, 2.45) is 17.6 Å². The molecule has 132 valence electrons. The van der Waals surface area contributed by atoms with Crippen molar-refractivity contribution in [3.8, 4) is 0 Å². The molecular weight excluding hydrogens is 326 g/mol. The van der Waals surface area contributed by atoms with E-state index in [2.05, 4.69) is 10.6 Å². The average Bonchev–Trinajstić information content (AvgIpc) is 2.95. The van der Waals surface area contributed by atoms with Gasteiger partial charge in [0.1, 0.15) is 0 Å². The highest BCUT2D eigenvalue weighted by atomic mass is 35.5. The van der Waals surface area contributed by atoms with Crippen LogP contribution in [0.25, 0.3) is 0 Å². The molecule has 4 N–H and O–H groups in total. The van der Waals surface area contributed by atoms with E-state index in [4.69, 9.17) is 17.3 Å². The number of rotatable bonds is 6. The van der Waals surface area contributed by atoms with Crippen LogP contribution in [-0.2, 0) is 4.79 Å². The minimum Gasteiger partial charge on any atom is -0.349 e. The van der Waals surface area contributed by atoms with E-state index in [1.165, 1.54) is 0 Å². The highest BCUT2D eigenvalue weighted by Gasteiger charge is 2.28. The van der Waals surface area contributed by atoms with E-state index in [9.17, 15) is 9.59 Å². The number of carbonyl (C=O) groups excluding carboxylic acids is 2. The summed E-state index contributed by atoms with van der Waals surface area (Å²) in [7, 11) is 0. The van der Waals surface area contributed by atoms with Crippen molar-refractivity contribution in [2.75, 3.05) is 11.9 Å². The lowest BCUT2D eigenvalue weighted by Gasteiger charge is -2.20. The van der Waals surface area contributed by atoms with Gasteiger partial charge in [-0.1, -0.05) is 31.9 Å². The minimum atomic E-state index is -0.217. The van der Waals surface area contributed by atoms with Crippen LogP contribution in [0.1, 0.15) is 49.9 Å². The third-order valence-corrected chi connectivity index (χ3v) is 4.70. The van der Waals surface area contributed by atoms with Crippen molar-refractivity contribution in [2.45, 2.75) is 45.6 Å². The van der Waals surface area contributed by atoms with Gasteiger partial charge in [0.05, 0.1) is 10.6 Å². The standard InChI is InChI=1S/C18H26ClN3O2/c1-11(2)8-17(23)21-13-6-7-15(19)14(9-13)18(24)22-16-5-3-4-12(16)10-20/h6-7,9,11-12,16H,3-5,8,10,20H2,1-2H3,(H,21,23)(H,22,24). The second kappa shape index (κ2) is 8.49. The maximum absolute atomic E-state index is 12.5. The molecule has 1 aliphatic carbocycles. The third-order valence-electron chi connectivity index (χ3n) is 4.37. The predicted molar refractivity (Wildman–Crippen MR) is 97.2 cm³/mol. The van der Waals surface area contributed by atoms with Crippen molar-refractivity contribution >= 4 is 29.1 Å². The lowest BCUT2D eigenvalue weighted by atomic mass is 10.0. The fourth-order valence-electron chi connectivity index (χ4n) is 3.11. The maximum atomic E-state index is 12.5. The summed E-state index contributed by atoms with van der Waals surface area (Å²) in [4.78, 5) is 24.4. The normalized spacial score (nSPS) is 20.2. The highest BCUT2D eigenvalue weighted by molar-refractivity contribution is 6.34. The molecular formula is C18H26ClN3O2. The summed E-state index contributed by atoms with van der Waals surface area (Å²) in [6.45, 7) is 4.54. The van der Waals surface area contributed by atoms with E-state index in [1.54, 1.807) is 18.2 Å². The molecule has 1 aliphatic rings. The Morgan fingerprint density at radius 1 is 1.33 bits per heavy atom. The van der Waals surface area contributed by atoms with Crippen LogP contribution in [-0.4, -0.2) is 24.4 Å². The summed E-state index contributed by atoms with van der Waals surface area (Å²) in [5.41, 5.74) is 6.72. The number of carbonyl (C=O) groups is 2. The third kappa shape index (κ3) is 4.95. The summed E-state index contributed by atoms with van der Waals surface area (Å²) in [5, 5.41) is 6.22. The van der Waals surface area contributed by atoms with Gasteiger partial charge in [-0.2, -0.15) is 0 Å². The largest absolute Gasteiger partial charge is 0.349 e. The molecule has 0 aromatic heterocycles. The molecule has 0 heterocycles. The maximum Gasteiger partial charge on any atom is 0.253 e. The number of nitrogens with two attached hydrogens (primary N) is 1. The number of hydrogen-bond donors (Lipinski definition) is 3. The summed E-state index contributed by atoms with van der Waals surface area (Å²) in [6, 6.07) is 5.06. The van der Waals surface area contributed by atoms with Crippen molar-refractivity contribution < 1.29 is 9.59 Å². The molecule has 2 amide bonds. The van der Waals surface area contributed by atoms with E-state index in [0.29, 0.717) is 35.2 Å². The van der Waals surface area contributed by atoms with Crippen LogP contribution in [0.15, 0.2) is 18.2 Å². The van der Waals surface area contributed by atoms with Crippen LogP contribution >= 0.6 is 11.6 Å². The zero-order chi connectivity index (χ0) is 17.7. The van der Waals surface area contributed by atoms with Crippen LogP contribution < -0.4 is 16.4 Å². The Balaban J connectivity index is 2.07. The Bertz CT molecular complexity index is 604. The van der Waals surface area contributed by atoms with Crippen molar-refractivity contribution in [1.82, 2.24) is 5.32 Å². The molecule has 24 heavy (non-hydrogen) atoms. The van der Waals surface area contributed by atoms with E-state index in [0.717, 1.165) is 19.3 Å². The fraction of sp³-hybridized carbons (Fsp3) is 0.556. The van der Waals surface area contributed by atoms with Crippen molar-refractivity contribution in [3.63, 3.8) is 0 Å². The van der Waals surface area contributed by atoms with Gasteiger partial charge in [0, 0.05) is 18.2 Å². The van der Waals surface area contributed by atoms with Crippen LogP contribution in [0.5, 0.6) is 0 Å². The van der Waals surface area contributed by atoms with Gasteiger partial charge in [0.15, 0.2) is 0 Å². The molecule has 2 unspecified atom stereocenters. The zero-order valence-corrected chi connectivity index (χ0v) is 15.0. The first-order valence-corrected chi connectivity index (χ1v) is 8.88. The Kier molecular flexibility index (Phi) is 6.63. The molecule has 1 aromatic carbocycles. The minimum absolute atomic E-state index is 0.0716. The van der Waals surface area contributed by atoms with Crippen LogP contribution in [0, 0.1) is 11.8 Å². The first-order chi connectivity index (χ1) is 11.4. The van der Waals surface area contributed by atoms with Gasteiger partial charge in [-0.15, -0.1) is 0 Å². The monoisotopic (exact) mass is 351 g/mol. The molecule has 0 aliphatic heterocycles. The molecule has 0 radical (unpaired) electrons. The summed E-state index contributed by atoms with van der Waals surface area (Å²) in [5.74, 6) is 0.306. The highest BCUT2D eigenvalue weighted by Crippen LogP contribution is 2.26. The first kappa shape index (κ1) is 18.7. The quantitative estimate of drug-likeness (QED) is 0.735. The molecule has 5 nitrogen and oxygen atoms in total. The van der Waals surface area contributed by atoms with E-state index in [1.807, 2.05) is 13.8 Å². The van der Waals surface area contributed by atoms with Crippen LogP contribution in [0.4, 0.5) is 5.69 Å². The molecule has 0 bridgehead atoms. The first-order valence-electron chi connectivity index (χ1n) is 8.51. The number of anilines is 1. The van der Waals surface area contributed by atoms with Gasteiger partial charge in [-0.25, -0.2) is 0 Å². The second-order valence-corrected chi connectivity index (χ2v) is 7.25. The summed E-state index contributed by atoms with van der Waals surface area (Å²) in [6.07, 6.45) is 3.49. The SMILES string of the molecule is CC(C)CC(=O)Nc1ccc(Cl)c(C(=O)NC2CCCC2CN)c1. The summed E-state index contributed by atoms with van der Waals surface area (Å²) < 4.78 is 0. The van der Waals surface area contributed by atoms with Gasteiger partial charge in [-0.3, -0.25) is 9.59 Å². The molecule has 2 rings (SSSR count). The second-order valence-electron chi connectivity index (χ2n) is 6.85. The number of halogens is 1. The smallest absolute Gasteiger partial charge is 0.253 e. The van der Waals surface area contributed by atoms with E-state index < -0.39 is 0 Å². The Labute approximate surface area is 148 Å². The zero-order valence-electron chi connectivity index (χ0n) is 14.3. The van der Waals surface area contributed by atoms with E-state index in [-0.39, 0.29) is 23.8 Å². The van der Waals surface area contributed by atoms with Gasteiger partial charge in [0.2, 0.25) is 5.91 Å². The Morgan fingerprint density at radius 3 is 2.75 bits per heavy atom. The molecule has 0 spiro atoms. The fourth-order valence-corrected chi connectivity index (χ4v) is 3.32. The van der Waals surface area contributed by atoms with Gasteiger partial charge in [-0.05, 0) is 49.4 Å². The van der Waals surface area contributed by atoms with Gasteiger partial charge >= 0.3 is 0 Å². The Hall–Kier alpha value is -1.59. The molecule has 0 saturated heterocycles. The molecule has 1 aromatic rings. The molecule has 2 atom stereocenters. The number of hydrogen-bond acceptors (Lipinski definition) is 3. The lowest BCUT2D eigenvalue weighted by molar-refractivity contribution is -0.116. The summed E-state index contributed by atoms with van der Waals surface area (Å²) >= 11 is 6.17. The van der Waals surface area contributed by atoms with Crippen LogP contribution in [0.2, 0.25) is 5.02 Å². The number of nitrogens with one attached hydrogen (secondary N) is 2. The van der Waals surface area contributed by atoms with Gasteiger partial charge in [0.25, 0.3) is 5.91 Å². The molecule has 1 saturated carbocycles. The van der Waals surface area contributed by atoms with Crippen molar-refractivity contribution in [3.05, 3.63) is 28.8 Å².